The summed E-state index contributed by atoms with van der Waals surface area (Å²) in [4.78, 5) is 15.4. The molecule has 1 unspecified atom stereocenters. The molecule has 8 heteroatoms. The minimum atomic E-state index is 0.0981. The van der Waals surface area contributed by atoms with Crippen molar-refractivity contribution in [2.75, 3.05) is 18.0 Å². The van der Waals surface area contributed by atoms with Crippen molar-refractivity contribution < 1.29 is 4.79 Å². The van der Waals surface area contributed by atoms with Crippen LogP contribution in [-0.4, -0.2) is 45.0 Å². The van der Waals surface area contributed by atoms with Crippen molar-refractivity contribution in [2.24, 2.45) is 11.8 Å². The Morgan fingerprint density at radius 3 is 2.45 bits per heavy atom. The Morgan fingerprint density at radius 1 is 1.10 bits per heavy atom. The number of aromatic nitrogens is 4. The Balaban J connectivity index is 1.26. The third-order valence-corrected chi connectivity index (χ3v) is 7.63. The number of anilines is 1. The minimum Gasteiger partial charge on any atom is -0.352 e. The summed E-state index contributed by atoms with van der Waals surface area (Å²) in [6.45, 7) is 7.91. The minimum absolute atomic E-state index is 0.0981. The fourth-order valence-corrected chi connectivity index (χ4v) is 5.88. The zero-order chi connectivity index (χ0) is 21.5. The zero-order valence-electron chi connectivity index (χ0n) is 18.2. The first-order valence-electron chi connectivity index (χ1n) is 10.9. The first-order valence-corrected chi connectivity index (χ1v) is 11.8. The lowest BCUT2D eigenvalue weighted by molar-refractivity contribution is -0.121. The van der Waals surface area contributed by atoms with Crippen LogP contribution >= 0.6 is 11.3 Å². The number of amides is 1. The molecule has 2 bridgehead atoms. The number of fused-ring (bicyclic) bond motifs is 2. The Morgan fingerprint density at radius 2 is 1.81 bits per heavy atom. The van der Waals surface area contributed by atoms with Gasteiger partial charge in [0, 0.05) is 30.4 Å². The molecule has 7 nitrogen and oxygen atoms in total. The van der Waals surface area contributed by atoms with E-state index in [0.29, 0.717) is 18.3 Å². The molecule has 1 saturated heterocycles. The maximum Gasteiger partial charge on any atom is 0.224 e. The maximum absolute atomic E-state index is 13.0. The SMILES string of the molecule is Cc1nnc(N2C[C@H]3CC[C@@H](C2)C3NC(=O)Cc2c(C)nn(-c3ccccc3)c2C)s1. The molecule has 1 amide bonds. The monoisotopic (exact) mass is 436 g/mol. The van der Waals surface area contributed by atoms with E-state index in [4.69, 9.17) is 0 Å². The van der Waals surface area contributed by atoms with E-state index in [1.807, 2.05) is 55.8 Å². The van der Waals surface area contributed by atoms with Crippen molar-refractivity contribution in [2.45, 2.75) is 46.1 Å². The topological polar surface area (TPSA) is 75.9 Å². The Bertz CT molecular complexity index is 1080. The normalized spacial score (nSPS) is 22.7. The van der Waals surface area contributed by atoms with Gasteiger partial charge in [-0.1, -0.05) is 29.5 Å². The molecular formula is C23H28N6OS. The lowest BCUT2D eigenvalue weighted by atomic mass is 9.92. The van der Waals surface area contributed by atoms with Crippen molar-refractivity contribution in [3.05, 3.63) is 52.3 Å². The van der Waals surface area contributed by atoms with Crippen LogP contribution in [0, 0.1) is 32.6 Å². The smallest absolute Gasteiger partial charge is 0.224 e. The number of rotatable bonds is 5. The predicted octanol–water partition coefficient (Wildman–Crippen LogP) is 3.22. The van der Waals surface area contributed by atoms with E-state index < -0.39 is 0 Å². The molecule has 5 rings (SSSR count). The summed E-state index contributed by atoms with van der Waals surface area (Å²) in [5.74, 6) is 1.04. The second-order valence-corrected chi connectivity index (χ2v) is 9.93. The van der Waals surface area contributed by atoms with Gasteiger partial charge in [0.2, 0.25) is 11.0 Å². The second kappa shape index (κ2) is 8.07. The van der Waals surface area contributed by atoms with E-state index in [1.54, 1.807) is 11.3 Å². The number of carbonyl (C=O) groups is 1. The number of carbonyl (C=O) groups excluding carboxylic acids is 1. The average molecular weight is 437 g/mol. The van der Waals surface area contributed by atoms with Crippen LogP contribution in [0.25, 0.3) is 5.69 Å². The highest BCUT2D eigenvalue weighted by Crippen LogP contribution is 2.39. The Hall–Kier alpha value is -2.74. The van der Waals surface area contributed by atoms with Gasteiger partial charge in [0.05, 0.1) is 17.8 Å². The van der Waals surface area contributed by atoms with Gasteiger partial charge in [-0.25, -0.2) is 4.68 Å². The van der Waals surface area contributed by atoms with Crippen LogP contribution in [-0.2, 0) is 11.2 Å². The van der Waals surface area contributed by atoms with Gasteiger partial charge < -0.3 is 10.2 Å². The van der Waals surface area contributed by atoms with E-state index >= 15 is 0 Å². The quantitative estimate of drug-likeness (QED) is 0.665. The van der Waals surface area contributed by atoms with Gasteiger partial charge in [-0.15, -0.1) is 10.2 Å². The van der Waals surface area contributed by atoms with Crippen molar-refractivity contribution in [1.82, 2.24) is 25.3 Å². The Labute approximate surface area is 186 Å². The molecule has 2 aliphatic rings. The fourth-order valence-electron chi connectivity index (χ4n) is 5.18. The standard InChI is InChI=1S/C23H28N6OS/c1-14-20(15(2)29(27-14)19-7-5-4-6-8-19)11-21(30)24-22-17-9-10-18(22)13-28(12-17)23-26-25-16(3)31-23/h4-8,17-18,22H,9-13H2,1-3H3,(H,24,30)/t17-,18+,22?. The highest BCUT2D eigenvalue weighted by atomic mass is 32.1. The predicted molar refractivity (Wildman–Crippen MR) is 122 cm³/mol. The van der Waals surface area contributed by atoms with E-state index in [-0.39, 0.29) is 11.9 Å². The van der Waals surface area contributed by atoms with E-state index in [2.05, 4.69) is 25.5 Å². The molecule has 3 atom stereocenters. The van der Waals surface area contributed by atoms with Crippen LogP contribution in [0.2, 0.25) is 0 Å². The second-order valence-electron chi connectivity index (χ2n) is 8.77. The molecule has 1 aliphatic heterocycles. The van der Waals surface area contributed by atoms with Gasteiger partial charge in [-0.3, -0.25) is 4.79 Å². The summed E-state index contributed by atoms with van der Waals surface area (Å²) in [6, 6.07) is 10.3. The number of nitrogens with one attached hydrogen (secondary N) is 1. The molecule has 1 aliphatic carbocycles. The van der Waals surface area contributed by atoms with Crippen LogP contribution in [0.15, 0.2) is 30.3 Å². The number of piperidine rings is 1. The first kappa shape index (κ1) is 20.2. The maximum atomic E-state index is 13.0. The van der Waals surface area contributed by atoms with Crippen LogP contribution in [0.1, 0.15) is 34.8 Å². The summed E-state index contributed by atoms with van der Waals surface area (Å²) in [6.07, 6.45) is 2.70. The van der Waals surface area contributed by atoms with Crippen molar-refractivity contribution in [3.8, 4) is 5.69 Å². The van der Waals surface area contributed by atoms with Crippen LogP contribution < -0.4 is 10.2 Å². The molecule has 0 spiro atoms. The number of para-hydroxylation sites is 1. The zero-order valence-corrected chi connectivity index (χ0v) is 19.0. The van der Waals surface area contributed by atoms with Crippen molar-refractivity contribution >= 4 is 22.4 Å². The molecule has 0 radical (unpaired) electrons. The third kappa shape index (κ3) is 3.84. The van der Waals surface area contributed by atoms with Gasteiger partial charge in [0.25, 0.3) is 0 Å². The van der Waals surface area contributed by atoms with E-state index in [1.165, 1.54) is 0 Å². The number of benzene rings is 1. The van der Waals surface area contributed by atoms with E-state index in [0.717, 1.165) is 58.7 Å². The summed E-state index contributed by atoms with van der Waals surface area (Å²) in [5.41, 5.74) is 3.99. The third-order valence-electron chi connectivity index (χ3n) is 6.73. The summed E-state index contributed by atoms with van der Waals surface area (Å²) < 4.78 is 1.93. The molecular weight excluding hydrogens is 408 g/mol. The molecule has 2 aromatic heterocycles. The van der Waals surface area contributed by atoms with Gasteiger partial charge in [0.15, 0.2) is 0 Å². The van der Waals surface area contributed by atoms with Gasteiger partial charge in [0.1, 0.15) is 5.01 Å². The molecule has 2 fully saturated rings. The number of hydrogen-bond donors (Lipinski definition) is 1. The summed E-state index contributed by atoms with van der Waals surface area (Å²) in [7, 11) is 0. The summed E-state index contributed by atoms with van der Waals surface area (Å²) in [5, 5.41) is 18.6. The van der Waals surface area contributed by atoms with Gasteiger partial charge in [-0.2, -0.15) is 5.10 Å². The lowest BCUT2D eigenvalue weighted by Crippen LogP contribution is -2.53. The molecule has 3 aromatic rings. The average Bonchev–Trinajstić information content (AvgIpc) is 3.38. The van der Waals surface area contributed by atoms with Gasteiger partial charge in [-0.05, 0) is 57.6 Å². The van der Waals surface area contributed by atoms with Crippen LogP contribution in [0.4, 0.5) is 5.13 Å². The van der Waals surface area contributed by atoms with E-state index in [9.17, 15) is 4.79 Å². The molecule has 3 heterocycles. The van der Waals surface area contributed by atoms with Crippen LogP contribution in [0.3, 0.4) is 0 Å². The van der Waals surface area contributed by atoms with Crippen molar-refractivity contribution in [3.63, 3.8) is 0 Å². The molecule has 1 N–H and O–H groups in total. The Kier molecular flexibility index (Phi) is 5.25. The number of hydrogen-bond acceptors (Lipinski definition) is 6. The first-order chi connectivity index (χ1) is 15.0. The van der Waals surface area contributed by atoms with Crippen LogP contribution in [0.5, 0.6) is 0 Å². The highest BCUT2D eigenvalue weighted by Gasteiger charge is 2.43. The van der Waals surface area contributed by atoms with Crippen molar-refractivity contribution in [1.29, 1.82) is 0 Å². The molecule has 1 aromatic carbocycles. The van der Waals surface area contributed by atoms with Gasteiger partial charge >= 0.3 is 0 Å². The fraction of sp³-hybridized carbons (Fsp3) is 0.478. The highest BCUT2D eigenvalue weighted by molar-refractivity contribution is 7.15. The lowest BCUT2D eigenvalue weighted by Gasteiger charge is -2.38. The molecule has 1 saturated carbocycles. The number of nitrogens with zero attached hydrogens (tertiary/aromatic N) is 5. The molecule has 31 heavy (non-hydrogen) atoms. The summed E-state index contributed by atoms with van der Waals surface area (Å²) >= 11 is 1.65. The largest absolute Gasteiger partial charge is 0.352 e. The number of aryl methyl sites for hydroxylation is 2. The molecule has 162 valence electrons.